The predicted octanol–water partition coefficient (Wildman–Crippen LogP) is 5.08. The lowest BCUT2D eigenvalue weighted by atomic mass is 9.44. The fraction of sp³-hybridized carbons (Fsp3) is 0.447. The number of carbonyl (C=O) groups excluding carboxylic acids is 6. The van der Waals surface area contributed by atoms with Gasteiger partial charge in [-0.3, -0.25) is 28.8 Å². The zero-order valence-corrected chi connectivity index (χ0v) is 37.9. The molecule has 334 valence electrons. The first-order valence-electron chi connectivity index (χ1n) is 20.6. The normalized spacial score (nSPS) is 31.5. The fourth-order valence-corrected chi connectivity index (χ4v) is 11.1. The molecular formula is C47H51IN2O13. The monoisotopic (exact) mass is 978 g/mol. The summed E-state index contributed by atoms with van der Waals surface area (Å²) in [6, 6.07) is 24.6. The van der Waals surface area contributed by atoms with E-state index in [1.807, 2.05) is 22.6 Å². The average Bonchev–Trinajstić information content (AvgIpc) is 3.26. The van der Waals surface area contributed by atoms with Crippen molar-refractivity contribution in [1.29, 1.82) is 0 Å². The van der Waals surface area contributed by atoms with Gasteiger partial charge in [0.2, 0.25) is 0 Å². The Balaban J connectivity index is 1.41. The summed E-state index contributed by atoms with van der Waals surface area (Å²) in [4.78, 5) is 90.6. The Hall–Kier alpha value is -5.01. The first-order chi connectivity index (χ1) is 29.8. The highest BCUT2D eigenvalue weighted by Crippen LogP contribution is 2.65. The van der Waals surface area contributed by atoms with Crippen molar-refractivity contribution in [2.45, 2.75) is 106 Å². The molecule has 16 heteroatoms. The van der Waals surface area contributed by atoms with Crippen molar-refractivity contribution in [3.63, 3.8) is 0 Å². The van der Waals surface area contributed by atoms with Gasteiger partial charge < -0.3 is 34.1 Å². The largest absolute Gasteiger partial charge is 0.457 e. The third kappa shape index (κ3) is 7.76. The number of ketones is 1. The van der Waals surface area contributed by atoms with Crippen LogP contribution < -0.4 is 11.2 Å². The van der Waals surface area contributed by atoms with E-state index in [0.29, 0.717) is 16.7 Å². The number of halogens is 1. The van der Waals surface area contributed by atoms with Gasteiger partial charge in [0.25, 0.3) is 5.91 Å². The second-order valence-corrected chi connectivity index (χ2v) is 18.7. The highest BCUT2D eigenvalue weighted by molar-refractivity contribution is 14.1. The number of rotatable bonds is 11. The van der Waals surface area contributed by atoms with Crippen molar-refractivity contribution in [3.8, 4) is 0 Å². The Morgan fingerprint density at radius 1 is 0.857 bits per heavy atom. The van der Waals surface area contributed by atoms with Gasteiger partial charge in [0, 0.05) is 37.7 Å². The van der Waals surface area contributed by atoms with Gasteiger partial charge in [-0.25, -0.2) is 10.7 Å². The van der Waals surface area contributed by atoms with Crippen molar-refractivity contribution >= 4 is 58.2 Å². The lowest BCUT2D eigenvalue weighted by molar-refractivity contribution is -0.349. The Kier molecular flexibility index (Phi) is 12.8. The second kappa shape index (κ2) is 17.5. The van der Waals surface area contributed by atoms with Gasteiger partial charge in [0.1, 0.15) is 27.8 Å². The van der Waals surface area contributed by atoms with Crippen molar-refractivity contribution in [3.05, 3.63) is 119 Å². The molecule has 2 bridgehead atoms. The van der Waals surface area contributed by atoms with Crippen LogP contribution in [0.5, 0.6) is 0 Å². The van der Waals surface area contributed by atoms with E-state index in [9.17, 15) is 29.1 Å². The molecule has 3 aliphatic carbocycles. The van der Waals surface area contributed by atoms with Gasteiger partial charge in [0.15, 0.2) is 17.5 Å². The molecular weight excluding hydrogens is 927 g/mol. The first-order valence-corrected chi connectivity index (χ1v) is 21.9. The number of aliphatic hydroxyl groups excluding tert-OH is 1. The summed E-state index contributed by atoms with van der Waals surface area (Å²) < 4.78 is 30.0. The van der Waals surface area contributed by atoms with Crippen molar-refractivity contribution < 1.29 is 62.4 Å². The van der Waals surface area contributed by atoms with Crippen LogP contribution in [0.3, 0.4) is 0 Å². The van der Waals surface area contributed by atoms with Crippen LogP contribution >= 0.6 is 22.6 Å². The Labute approximate surface area is 378 Å². The molecule has 15 nitrogen and oxygen atoms in total. The molecule has 11 atom stereocenters. The molecule has 1 aliphatic heterocycles. The van der Waals surface area contributed by atoms with Crippen LogP contribution in [0.2, 0.25) is 0 Å². The molecule has 4 N–H and O–H groups in total. The molecule has 0 spiro atoms. The smallest absolute Gasteiger partial charge is 0.338 e. The number of esters is 4. The van der Waals surface area contributed by atoms with E-state index in [1.165, 1.54) is 26.0 Å². The summed E-state index contributed by atoms with van der Waals surface area (Å²) in [5, 5.41) is 15.1. The molecule has 0 radical (unpaired) electrons. The van der Waals surface area contributed by atoms with Crippen LogP contribution in [0.1, 0.15) is 86.7 Å². The molecule has 2 saturated carbocycles. The maximum Gasteiger partial charge on any atom is 0.338 e. The lowest BCUT2D eigenvalue weighted by Gasteiger charge is -2.67. The van der Waals surface area contributed by atoms with Crippen LogP contribution in [0.25, 0.3) is 0 Å². The average molecular weight is 979 g/mol. The summed E-state index contributed by atoms with van der Waals surface area (Å²) in [7, 11) is 0. The molecule has 1 amide bonds. The van der Waals surface area contributed by atoms with Gasteiger partial charge >= 0.3 is 23.9 Å². The topological polar surface area (TPSA) is 216 Å². The minimum Gasteiger partial charge on any atom is -0.457 e. The summed E-state index contributed by atoms with van der Waals surface area (Å²) in [5.41, 5.74) is -5.63. The standard InChI is InChI=1S/C47H51IN2O13/c1-25-31(60-43(57)35(48)36(28-16-10-7-11-17-28)50-41(55)29-18-12-8-13-19-29)23-47(63-49)40(61-42(56)30-20-14-9-15-21-30)38-45(6,32(53)22-33-46(38,24-58-33)62-27(3)52)39(54)37(59-26(2)51)34(25)44(47,4)5/h7-21,31-33,35-38,40,53H,22-24,49H2,1-6H3,(H,50,55)/t31-,32-,33?,35?,36+,37+,38+,40+,45?,46+,47?/m0/s1. The van der Waals surface area contributed by atoms with Crippen LogP contribution in [0.4, 0.5) is 0 Å². The van der Waals surface area contributed by atoms with E-state index in [-0.39, 0.29) is 30.6 Å². The molecule has 0 aromatic heterocycles. The number of Topliss-reactive ketones (excluding diaryl/α,β-unsaturated/α-hetero) is 1. The first kappa shape index (κ1) is 46.0. The van der Waals surface area contributed by atoms with E-state index >= 15 is 4.79 Å². The molecule has 7 rings (SSSR count). The van der Waals surface area contributed by atoms with Crippen LogP contribution in [-0.2, 0) is 47.7 Å². The lowest BCUT2D eigenvalue weighted by Crippen LogP contribution is -2.82. The minimum atomic E-state index is -1.99. The number of ether oxygens (including phenoxy) is 5. The molecule has 63 heavy (non-hydrogen) atoms. The van der Waals surface area contributed by atoms with Gasteiger partial charge in [-0.2, -0.15) is 0 Å². The number of fused-ring (bicyclic) bond motifs is 5. The molecule has 3 aromatic carbocycles. The van der Waals surface area contributed by atoms with E-state index in [1.54, 1.807) is 99.6 Å². The third-order valence-corrected chi connectivity index (χ3v) is 14.8. The van der Waals surface area contributed by atoms with Crippen molar-refractivity contribution in [2.75, 3.05) is 6.61 Å². The second-order valence-electron chi connectivity index (χ2n) is 17.4. The van der Waals surface area contributed by atoms with Crippen LogP contribution in [0.15, 0.2) is 102 Å². The number of alkyl halides is 1. The van der Waals surface area contributed by atoms with Gasteiger partial charge in [0.05, 0.1) is 35.6 Å². The maximum atomic E-state index is 15.6. The number of amides is 1. The molecule has 3 fully saturated rings. The van der Waals surface area contributed by atoms with E-state index < -0.39 is 104 Å². The Bertz CT molecular complexity index is 2310. The molecule has 1 heterocycles. The van der Waals surface area contributed by atoms with E-state index in [4.69, 9.17) is 34.4 Å². The fourth-order valence-electron chi connectivity index (χ4n) is 10.4. The minimum absolute atomic E-state index is 0.123. The molecule has 4 aliphatic rings. The van der Waals surface area contributed by atoms with E-state index in [0.717, 1.165) is 6.92 Å². The number of carbonyl (C=O) groups is 6. The summed E-state index contributed by atoms with van der Waals surface area (Å²) in [6.45, 7) is 8.53. The summed E-state index contributed by atoms with van der Waals surface area (Å²) in [6.07, 6.45) is -7.65. The van der Waals surface area contributed by atoms with Gasteiger partial charge in [-0.1, -0.05) is 103 Å². The number of nitrogens with one attached hydrogen (secondary N) is 1. The number of hydrogen-bond acceptors (Lipinski definition) is 14. The number of aliphatic hydroxyl groups is 1. The summed E-state index contributed by atoms with van der Waals surface area (Å²) >= 11 is 1.92. The van der Waals surface area contributed by atoms with Crippen molar-refractivity contribution in [1.82, 2.24) is 5.32 Å². The van der Waals surface area contributed by atoms with Crippen molar-refractivity contribution in [2.24, 2.45) is 22.6 Å². The maximum absolute atomic E-state index is 15.6. The van der Waals surface area contributed by atoms with E-state index in [2.05, 4.69) is 5.32 Å². The Morgan fingerprint density at radius 3 is 1.98 bits per heavy atom. The highest BCUT2D eigenvalue weighted by Gasteiger charge is 2.79. The molecule has 1 saturated heterocycles. The number of hydrogen-bond donors (Lipinski definition) is 3. The van der Waals surface area contributed by atoms with Gasteiger partial charge in [-0.05, 0) is 54.8 Å². The highest BCUT2D eigenvalue weighted by atomic mass is 127. The summed E-state index contributed by atoms with van der Waals surface area (Å²) in [5.74, 6) is 0.613. The number of nitrogens with two attached hydrogens (primary N) is 1. The Morgan fingerprint density at radius 2 is 1.44 bits per heavy atom. The SMILES string of the molecule is CC(=O)O[C@H]1C(=O)C2(C)[C@@H]([C@@H](OC(=O)c3ccccc3)C3(ON)C[C@H](OC(=O)C(I)[C@H](NC(=O)c4ccccc4)c4ccccc4)C(C)=C1C3(C)C)[C@@]1(OC(C)=O)COC1C[C@@H]2O. The number of benzene rings is 3. The molecule has 3 aromatic rings. The zero-order chi connectivity index (χ0) is 45.6. The predicted molar refractivity (Wildman–Crippen MR) is 233 cm³/mol. The van der Waals surface area contributed by atoms with Crippen LogP contribution in [-0.4, -0.2) is 92.9 Å². The van der Waals surface area contributed by atoms with Crippen LogP contribution in [0, 0.1) is 16.7 Å². The third-order valence-electron chi connectivity index (χ3n) is 13.6. The van der Waals surface area contributed by atoms with Gasteiger partial charge in [-0.15, -0.1) is 0 Å². The molecule has 4 unspecified atom stereocenters. The quantitative estimate of drug-likeness (QED) is 0.0571. The zero-order valence-electron chi connectivity index (χ0n) is 35.7.